The van der Waals surface area contributed by atoms with Crippen LogP contribution in [0.2, 0.25) is 0 Å². The Bertz CT molecular complexity index is 539. The van der Waals surface area contributed by atoms with Crippen LogP contribution in [0.25, 0.3) is 0 Å². The number of carbonyl (C=O) groups is 2. The molecule has 0 saturated carbocycles. The molecule has 0 aromatic heterocycles. The van der Waals surface area contributed by atoms with Gasteiger partial charge in [-0.3, -0.25) is 9.59 Å². The van der Waals surface area contributed by atoms with E-state index in [1.807, 2.05) is 55.6 Å². The summed E-state index contributed by atoms with van der Waals surface area (Å²) in [5, 5.41) is 2.92. The van der Waals surface area contributed by atoms with Crippen LogP contribution in [-0.2, 0) is 4.79 Å². The van der Waals surface area contributed by atoms with Crippen LogP contribution in [-0.4, -0.2) is 47.4 Å². The predicted octanol–water partition coefficient (Wildman–Crippen LogP) is 2.32. The standard InChI is InChI=1S/C17H24N2O2S/c1-12(2)15(17(21)19-7-9-22-10-8-19)18-16(20)14-6-4-5-13(3)11-14/h4-6,11-12,15H,7-10H2,1-3H3,(H,18,20). The zero-order chi connectivity index (χ0) is 16.1. The summed E-state index contributed by atoms with van der Waals surface area (Å²) in [6, 6.07) is 6.97. The van der Waals surface area contributed by atoms with Crippen LogP contribution in [0.1, 0.15) is 29.8 Å². The van der Waals surface area contributed by atoms with Crippen LogP contribution in [0.4, 0.5) is 0 Å². The number of nitrogens with one attached hydrogen (secondary N) is 1. The highest BCUT2D eigenvalue weighted by Gasteiger charge is 2.29. The zero-order valence-corrected chi connectivity index (χ0v) is 14.3. The molecule has 0 spiro atoms. The maximum Gasteiger partial charge on any atom is 0.251 e. The number of hydrogen-bond acceptors (Lipinski definition) is 3. The Kier molecular flexibility index (Phi) is 5.89. The summed E-state index contributed by atoms with van der Waals surface area (Å²) in [6.45, 7) is 7.43. The second-order valence-corrected chi connectivity index (χ2v) is 7.23. The van der Waals surface area contributed by atoms with Crippen LogP contribution in [0.3, 0.4) is 0 Å². The van der Waals surface area contributed by atoms with Crippen molar-refractivity contribution in [3.63, 3.8) is 0 Å². The van der Waals surface area contributed by atoms with Crippen LogP contribution >= 0.6 is 11.8 Å². The minimum Gasteiger partial charge on any atom is -0.340 e. The van der Waals surface area contributed by atoms with E-state index in [2.05, 4.69) is 5.32 Å². The van der Waals surface area contributed by atoms with Gasteiger partial charge in [0, 0.05) is 30.2 Å². The Morgan fingerprint density at radius 1 is 1.23 bits per heavy atom. The maximum atomic E-state index is 12.7. The van der Waals surface area contributed by atoms with E-state index < -0.39 is 6.04 Å². The van der Waals surface area contributed by atoms with Gasteiger partial charge in [-0.25, -0.2) is 0 Å². The second kappa shape index (κ2) is 7.68. The first-order valence-corrected chi connectivity index (χ1v) is 8.88. The topological polar surface area (TPSA) is 49.4 Å². The van der Waals surface area contributed by atoms with Gasteiger partial charge < -0.3 is 10.2 Å². The van der Waals surface area contributed by atoms with Gasteiger partial charge in [-0.2, -0.15) is 11.8 Å². The van der Waals surface area contributed by atoms with Gasteiger partial charge in [-0.1, -0.05) is 31.5 Å². The molecule has 2 amide bonds. The fraction of sp³-hybridized carbons (Fsp3) is 0.529. The van der Waals surface area contributed by atoms with Crippen molar-refractivity contribution in [2.24, 2.45) is 5.92 Å². The summed E-state index contributed by atoms with van der Waals surface area (Å²) in [4.78, 5) is 27.0. The molecule has 120 valence electrons. The summed E-state index contributed by atoms with van der Waals surface area (Å²) >= 11 is 1.87. The van der Waals surface area contributed by atoms with Crippen molar-refractivity contribution in [2.45, 2.75) is 26.8 Å². The molecule has 1 aromatic carbocycles. The molecule has 1 atom stereocenters. The quantitative estimate of drug-likeness (QED) is 0.926. The molecule has 0 bridgehead atoms. The van der Waals surface area contributed by atoms with E-state index in [1.54, 1.807) is 6.07 Å². The van der Waals surface area contributed by atoms with Crippen molar-refractivity contribution in [1.29, 1.82) is 0 Å². The minimum absolute atomic E-state index is 0.0382. The molecule has 2 rings (SSSR count). The minimum atomic E-state index is -0.462. The zero-order valence-electron chi connectivity index (χ0n) is 13.5. The Balaban J connectivity index is 2.08. The molecular formula is C17H24N2O2S. The highest BCUT2D eigenvalue weighted by Crippen LogP contribution is 2.14. The number of rotatable bonds is 4. The molecule has 1 aliphatic heterocycles. The van der Waals surface area contributed by atoms with E-state index in [1.165, 1.54) is 0 Å². The van der Waals surface area contributed by atoms with Crippen molar-refractivity contribution in [2.75, 3.05) is 24.6 Å². The first-order chi connectivity index (χ1) is 10.5. The summed E-state index contributed by atoms with van der Waals surface area (Å²) in [7, 11) is 0. The number of nitrogens with zero attached hydrogens (tertiary/aromatic N) is 1. The normalized spacial score (nSPS) is 16.5. The van der Waals surface area contributed by atoms with Crippen molar-refractivity contribution in [3.05, 3.63) is 35.4 Å². The fourth-order valence-electron chi connectivity index (χ4n) is 2.50. The van der Waals surface area contributed by atoms with Gasteiger partial charge in [0.1, 0.15) is 6.04 Å². The third kappa shape index (κ3) is 4.26. The van der Waals surface area contributed by atoms with E-state index in [0.717, 1.165) is 30.2 Å². The number of thioether (sulfide) groups is 1. The highest BCUT2D eigenvalue weighted by molar-refractivity contribution is 7.99. The molecule has 4 nitrogen and oxygen atoms in total. The van der Waals surface area contributed by atoms with Gasteiger partial charge in [0.2, 0.25) is 5.91 Å². The van der Waals surface area contributed by atoms with Crippen molar-refractivity contribution < 1.29 is 9.59 Å². The van der Waals surface area contributed by atoms with Gasteiger partial charge in [0.15, 0.2) is 0 Å². The van der Waals surface area contributed by atoms with Crippen LogP contribution in [0.15, 0.2) is 24.3 Å². The second-order valence-electron chi connectivity index (χ2n) is 6.00. The largest absolute Gasteiger partial charge is 0.340 e. The van der Waals surface area contributed by atoms with Gasteiger partial charge in [0.05, 0.1) is 0 Å². The number of carbonyl (C=O) groups excluding carboxylic acids is 2. The third-order valence-electron chi connectivity index (χ3n) is 3.82. The molecule has 0 radical (unpaired) electrons. The van der Waals surface area contributed by atoms with Gasteiger partial charge in [-0.05, 0) is 25.0 Å². The average Bonchev–Trinajstić information content (AvgIpc) is 2.52. The first-order valence-electron chi connectivity index (χ1n) is 7.73. The number of aryl methyl sites for hydroxylation is 1. The molecule has 1 unspecified atom stereocenters. The summed E-state index contributed by atoms with van der Waals surface area (Å²) in [5.74, 6) is 1.87. The fourth-order valence-corrected chi connectivity index (χ4v) is 3.41. The lowest BCUT2D eigenvalue weighted by Gasteiger charge is -2.32. The van der Waals surface area contributed by atoms with E-state index >= 15 is 0 Å². The van der Waals surface area contributed by atoms with Gasteiger partial charge >= 0.3 is 0 Å². The molecule has 1 N–H and O–H groups in total. The van der Waals surface area contributed by atoms with Crippen molar-refractivity contribution in [1.82, 2.24) is 10.2 Å². The lowest BCUT2D eigenvalue weighted by Crippen LogP contribution is -2.53. The average molecular weight is 320 g/mol. The Morgan fingerprint density at radius 3 is 2.50 bits per heavy atom. The Hall–Kier alpha value is -1.49. The molecule has 1 aromatic rings. The summed E-state index contributed by atoms with van der Waals surface area (Å²) < 4.78 is 0. The monoisotopic (exact) mass is 320 g/mol. The lowest BCUT2D eigenvalue weighted by molar-refractivity contribution is -0.133. The molecule has 1 aliphatic rings. The molecule has 22 heavy (non-hydrogen) atoms. The smallest absolute Gasteiger partial charge is 0.251 e. The number of benzene rings is 1. The van der Waals surface area contributed by atoms with Crippen molar-refractivity contribution >= 4 is 23.6 Å². The van der Waals surface area contributed by atoms with E-state index in [0.29, 0.717) is 5.56 Å². The SMILES string of the molecule is Cc1cccc(C(=O)NC(C(=O)N2CCSCC2)C(C)C)c1. The van der Waals surface area contributed by atoms with E-state index in [9.17, 15) is 9.59 Å². The van der Waals surface area contributed by atoms with Crippen molar-refractivity contribution in [3.8, 4) is 0 Å². The van der Waals surface area contributed by atoms with Crippen LogP contribution in [0.5, 0.6) is 0 Å². The summed E-state index contributed by atoms with van der Waals surface area (Å²) in [5.41, 5.74) is 1.64. The first kappa shape index (κ1) is 16.9. The van der Waals surface area contributed by atoms with E-state index in [-0.39, 0.29) is 17.7 Å². The van der Waals surface area contributed by atoms with E-state index in [4.69, 9.17) is 0 Å². The Morgan fingerprint density at radius 2 is 1.91 bits per heavy atom. The van der Waals surface area contributed by atoms with Gasteiger partial charge in [-0.15, -0.1) is 0 Å². The predicted molar refractivity (Wildman–Crippen MR) is 91.2 cm³/mol. The molecular weight excluding hydrogens is 296 g/mol. The summed E-state index contributed by atoms with van der Waals surface area (Å²) in [6.07, 6.45) is 0. The molecule has 1 fully saturated rings. The maximum absolute atomic E-state index is 12.7. The van der Waals surface area contributed by atoms with Gasteiger partial charge in [0.25, 0.3) is 5.91 Å². The lowest BCUT2D eigenvalue weighted by atomic mass is 10.0. The number of amides is 2. The highest BCUT2D eigenvalue weighted by atomic mass is 32.2. The van der Waals surface area contributed by atoms with Crippen LogP contribution < -0.4 is 5.32 Å². The molecule has 0 aliphatic carbocycles. The molecule has 5 heteroatoms. The van der Waals surface area contributed by atoms with Crippen LogP contribution in [0, 0.1) is 12.8 Å². The Labute approximate surface area is 136 Å². The molecule has 1 heterocycles. The third-order valence-corrected chi connectivity index (χ3v) is 4.76. The number of hydrogen-bond donors (Lipinski definition) is 1. The molecule has 1 saturated heterocycles.